The summed E-state index contributed by atoms with van der Waals surface area (Å²) in [5.41, 5.74) is 5.05. The van der Waals surface area contributed by atoms with Gasteiger partial charge in [-0.1, -0.05) is 0 Å². The molecule has 0 amide bonds. The van der Waals surface area contributed by atoms with Gasteiger partial charge in [0.2, 0.25) is 0 Å². The van der Waals surface area contributed by atoms with Crippen molar-refractivity contribution in [2.75, 3.05) is 34.5 Å². The number of benzene rings is 1. The van der Waals surface area contributed by atoms with Crippen molar-refractivity contribution in [3.05, 3.63) is 39.4 Å². The van der Waals surface area contributed by atoms with Crippen LogP contribution in [-0.4, -0.2) is 48.5 Å². The molecule has 0 radical (unpaired) electrons. The van der Waals surface area contributed by atoms with E-state index in [1.807, 2.05) is 0 Å². The molecule has 0 unspecified atom stereocenters. The van der Waals surface area contributed by atoms with Gasteiger partial charge in [-0.15, -0.1) is 0 Å². The molecule has 1 aliphatic rings. The van der Waals surface area contributed by atoms with Crippen LogP contribution >= 0.6 is 12.2 Å². The fourth-order valence-electron chi connectivity index (χ4n) is 3.70. The smallest absolute Gasteiger partial charge is 0.181 e. The third kappa shape index (κ3) is 3.90. The number of imidazole rings is 1. The zero-order chi connectivity index (χ0) is 19.6. The third-order valence-electron chi connectivity index (χ3n) is 5.45. The van der Waals surface area contributed by atoms with Crippen LogP contribution in [0, 0.1) is 18.6 Å². The lowest BCUT2D eigenvalue weighted by Gasteiger charge is -2.30. The molecule has 27 heavy (non-hydrogen) atoms. The number of hydrogen-bond acceptors (Lipinski definition) is 5. The normalized spacial score (nSPS) is 14.3. The molecule has 0 aliphatic carbocycles. The summed E-state index contributed by atoms with van der Waals surface area (Å²) in [5, 5.41) is 0. The second-order valence-electron chi connectivity index (χ2n) is 6.95. The van der Waals surface area contributed by atoms with E-state index in [-0.39, 0.29) is 0 Å². The summed E-state index contributed by atoms with van der Waals surface area (Å²) in [6.45, 7) is 8.37. The summed E-state index contributed by atoms with van der Waals surface area (Å²) in [7, 11) is 5.08. The number of hydrogen-bond donors (Lipinski definition) is 0. The lowest BCUT2D eigenvalue weighted by Crippen LogP contribution is -2.32. The zero-order valence-electron chi connectivity index (χ0n) is 16.9. The molecule has 0 bridgehead atoms. The standard InChI is InChI=1S/C20H29N3O3S/c1-14-15(2)23(20(27)22(14)8-9-24-3)13-21-7-6-16-10-18(25-4)19(26-5)11-17(16)12-21/h10-11H,6-9,12-13H2,1-5H3. The number of ether oxygens (including phenoxy) is 3. The molecule has 1 aliphatic heterocycles. The molecule has 0 saturated carbocycles. The van der Waals surface area contributed by atoms with E-state index >= 15 is 0 Å². The lowest BCUT2D eigenvalue weighted by atomic mass is 9.99. The molecule has 1 aromatic carbocycles. The highest BCUT2D eigenvalue weighted by Crippen LogP contribution is 2.33. The van der Waals surface area contributed by atoms with Crippen LogP contribution in [0.5, 0.6) is 11.5 Å². The van der Waals surface area contributed by atoms with Gasteiger partial charge >= 0.3 is 0 Å². The first-order valence-corrected chi connectivity index (χ1v) is 9.62. The van der Waals surface area contributed by atoms with Crippen molar-refractivity contribution >= 4 is 12.2 Å². The van der Waals surface area contributed by atoms with Crippen LogP contribution < -0.4 is 9.47 Å². The molecule has 3 rings (SSSR count). The maximum atomic E-state index is 5.74. The van der Waals surface area contributed by atoms with Gasteiger partial charge in [-0.05, 0) is 55.7 Å². The van der Waals surface area contributed by atoms with Gasteiger partial charge in [0.15, 0.2) is 16.3 Å². The van der Waals surface area contributed by atoms with Crippen LogP contribution in [0.2, 0.25) is 0 Å². The largest absolute Gasteiger partial charge is 0.493 e. The van der Waals surface area contributed by atoms with Crippen molar-refractivity contribution in [1.82, 2.24) is 14.0 Å². The molecule has 2 aromatic rings. The average Bonchev–Trinajstić information content (AvgIpc) is 2.88. The van der Waals surface area contributed by atoms with Crippen LogP contribution in [0.3, 0.4) is 0 Å². The summed E-state index contributed by atoms with van der Waals surface area (Å²) in [4.78, 5) is 2.43. The summed E-state index contributed by atoms with van der Waals surface area (Å²) in [6.07, 6.45) is 0.991. The van der Waals surface area contributed by atoms with Crippen LogP contribution in [0.1, 0.15) is 22.5 Å². The highest BCUT2D eigenvalue weighted by atomic mass is 32.1. The Morgan fingerprint density at radius 3 is 2.22 bits per heavy atom. The molecule has 0 saturated heterocycles. The van der Waals surface area contributed by atoms with E-state index in [1.54, 1.807) is 21.3 Å². The van der Waals surface area contributed by atoms with Crippen molar-refractivity contribution in [3.63, 3.8) is 0 Å². The van der Waals surface area contributed by atoms with Gasteiger partial charge in [0.05, 0.1) is 27.5 Å². The van der Waals surface area contributed by atoms with E-state index < -0.39 is 0 Å². The van der Waals surface area contributed by atoms with Gasteiger partial charge in [0, 0.05) is 38.1 Å². The second-order valence-corrected chi connectivity index (χ2v) is 7.31. The molecule has 0 N–H and O–H groups in total. The molecule has 148 valence electrons. The Morgan fingerprint density at radius 2 is 1.59 bits per heavy atom. The fraction of sp³-hybridized carbons (Fsp3) is 0.550. The molecule has 0 atom stereocenters. The zero-order valence-corrected chi connectivity index (χ0v) is 17.7. The Kier molecular flexibility index (Phi) is 6.24. The van der Waals surface area contributed by atoms with E-state index in [4.69, 9.17) is 26.4 Å². The summed E-state index contributed by atoms with van der Waals surface area (Å²) in [6, 6.07) is 4.20. The van der Waals surface area contributed by atoms with E-state index in [9.17, 15) is 0 Å². The number of aromatic nitrogens is 2. The number of fused-ring (bicyclic) bond motifs is 1. The van der Waals surface area contributed by atoms with E-state index in [2.05, 4.69) is 40.0 Å². The predicted molar refractivity (Wildman–Crippen MR) is 108 cm³/mol. The Hall–Kier alpha value is -1.83. The molecular weight excluding hydrogens is 362 g/mol. The van der Waals surface area contributed by atoms with E-state index in [0.717, 1.165) is 49.0 Å². The van der Waals surface area contributed by atoms with Crippen LogP contribution in [0.4, 0.5) is 0 Å². The van der Waals surface area contributed by atoms with Crippen LogP contribution in [0.15, 0.2) is 12.1 Å². The third-order valence-corrected chi connectivity index (χ3v) is 5.89. The summed E-state index contributed by atoms with van der Waals surface area (Å²) < 4.78 is 21.4. The van der Waals surface area contributed by atoms with Crippen molar-refractivity contribution in [3.8, 4) is 11.5 Å². The minimum absolute atomic E-state index is 0.664. The lowest BCUT2D eigenvalue weighted by molar-refractivity contribution is 0.183. The molecule has 0 spiro atoms. The Balaban J connectivity index is 1.82. The topological polar surface area (TPSA) is 40.8 Å². The Bertz CT molecular complexity index is 872. The van der Waals surface area contributed by atoms with Crippen molar-refractivity contribution in [2.45, 2.75) is 40.0 Å². The SMILES string of the molecule is COCCn1c(C)c(C)n(CN2CCc3cc(OC)c(OC)cc3C2)c1=S. The summed E-state index contributed by atoms with van der Waals surface area (Å²) in [5.74, 6) is 1.58. The second kappa shape index (κ2) is 8.46. The predicted octanol–water partition coefficient (Wildman–Crippen LogP) is 3.32. The molecule has 0 fully saturated rings. The maximum absolute atomic E-state index is 5.74. The fourth-order valence-corrected chi connectivity index (χ4v) is 4.12. The monoisotopic (exact) mass is 391 g/mol. The average molecular weight is 392 g/mol. The van der Waals surface area contributed by atoms with Gasteiger partial charge < -0.3 is 23.3 Å². The highest BCUT2D eigenvalue weighted by molar-refractivity contribution is 7.71. The first kappa shape index (κ1) is 19.9. The molecule has 1 aromatic heterocycles. The van der Waals surface area contributed by atoms with Gasteiger partial charge in [-0.25, -0.2) is 0 Å². The van der Waals surface area contributed by atoms with Gasteiger partial charge in [-0.3, -0.25) is 4.90 Å². The molecular formula is C20H29N3O3S. The first-order chi connectivity index (χ1) is 13.0. The van der Waals surface area contributed by atoms with Crippen molar-refractivity contribution < 1.29 is 14.2 Å². The quantitative estimate of drug-likeness (QED) is 0.677. The van der Waals surface area contributed by atoms with Crippen molar-refractivity contribution in [1.29, 1.82) is 0 Å². The molecule has 6 nitrogen and oxygen atoms in total. The molecule has 7 heteroatoms. The van der Waals surface area contributed by atoms with Crippen LogP contribution in [0.25, 0.3) is 0 Å². The molecule has 2 heterocycles. The number of nitrogens with zero attached hydrogens (tertiary/aromatic N) is 3. The highest BCUT2D eigenvalue weighted by Gasteiger charge is 2.21. The van der Waals surface area contributed by atoms with Crippen molar-refractivity contribution in [2.24, 2.45) is 0 Å². The minimum atomic E-state index is 0.664. The summed E-state index contributed by atoms with van der Waals surface area (Å²) >= 11 is 5.74. The minimum Gasteiger partial charge on any atom is -0.493 e. The van der Waals surface area contributed by atoms with E-state index in [1.165, 1.54) is 22.5 Å². The van der Waals surface area contributed by atoms with Crippen LogP contribution in [-0.2, 0) is 30.9 Å². The van der Waals surface area contributed by atoms with Gasteiger partial charge in [-0.2, -0.15) is 0 Å². The Labute approximate surface area is 166 Å². The van der Waals surface area contributed by atoms with E-state index in [0.29, 0.717) is 6.61 Å². The number of methoxy groups -OCH3 is 3. The Morgan fingerprint density at radius 1 is 0.963 bits per heavy atom. The first-order valence-electron chi connectivity index (χ1n) is 9.21. The van der Waals surface area contributed by atoms with Gasteiger partial charge in [0.25, 0.3) is 0 Å². The maximum Gasteiger partial charge on any atom is 0.181 e. The number of rotatable bonds is 7. The van der Waals surface area contributed by atoms with Gasteiger partial charge in [0.1, 0.15) is 0 Å².